The first-order chi connectivity index (χ1) is 8.01. The van der Waals surface area contributed by atoms with E-state index in [1.54, 1.807) is 0 Å². The summed E-state index contributed by atoms with van der Waals surface area (Å²) >= 11 is 0. The Morgan fingerprint density at radius 3 is 2.82 bits per heavy atom. The molecular weight excluding hydrogens is 234 g/mol. The van der Waals surface area contributed by atoms with E-state index in [1.165, 1.54) is 6.07 Å². The van der Waals surface area contributed by atoms with E-state index >= 15 is 0 Å². The number of carbonyl (C=O) groups excluding carboxylic acids is 1. The summed E-state index contributed by atoms with van der Waals surface area (Å²) in [6.45, 7) is 0. The maximum Gasteiger partial charge on any atom is 0.310 e. The van der Waals surface area contributed by atoms with Crippen LogP contribution in [-0.2, 0) is 16.0 Å². The number of nitriles is 1. The van der Waals surface area contributed by atoms with Crippen LogP contribution in [0.3, 0.4) is 0 Å². The predicted octanol–water partition coefficient (Wildman–Crippen LogP) is 1.31. The zero-order valence-electron chi connectivity index (χ0n) is 8.78. The van der Waals surface area contributed by atoms with E-state index in [4.69, 9.17) is 5.26 Å². The molecule has 0 radical (unpaired) electrons. The maximum absolute atomic E-state index is 12.5. The number of pyridine rings is 1. The molecule has 0 spiro atoms. The summed E-state index contributed by atoms with van der Waals surface area (Å²) in [6, 6.07) is 1.51. The van der Waals surface area contributed by atoms with Gasteiger partial charge in [0.1, 0.15) is 17.5 Å². The van der Waals surface area contributed by atoms with Crippen molar-refractivity contribution in [2.24, 2.45) is 0 Å². The zero-order valence-corrected chi connectivity index (χ0v) is 8.78. The smallest absolute Gasteiger partial charge is 0.310 e. The van der Waals surface area contributed by atoms with Gasteiger partial charge >= 0.3 is 5.97 Å². The lowest BCUT2D eigenvalue weighted by atomic mass is 10.0. The number of hydrogen-bond donors (Lipinski definition) is 1. The molecule has 1 rings (SSSR count). The molecule has 0 bridgehead atoms. The lowest BCUT2D eigenvalue weighted by Gasteiger charge is -2.09. The Morgan fingerprint density at radius 1 is 1.71 bits per heavy atom. The predicted molar refractivity (Wildman–Crippen MR) is 51.3 cm³/mol. The molecule has 17 heavy (non-hydrogen) atoms. The van der Waals surface area contributed by atoms with Crippen molar-refractivity contribution in [3.63, 3.8) is 0 Å². The number of hydrogen-bond acceptors (Lipinski definition) is 5. The van der Waals surface area contributed by atoms with Crippen LogP contribution < -0.4 is 0 Å². The monoisotopic (exact) mass is 242 g/mol. The summed E-state index contributed by atoms with van der Waals surface area (Å²) < 4.78 is 29.4. The van der Waals surface area contributed by atoms with Gasteiger partial charge in [-0.25, -0.2) is 13.8 Å². The first-order valence-electron chi connectivity index (χ1n) is 4.47. The zero-order chi connectivity index (χ0) is 13.0. The van der Waals surface area contributed by atoms with Gasteiger partial charge in [0.05, 0.1) is 25.3 Å². The Labute approximate surface area is 95.3 Å². The lowest BCUT2D eigenvalue weighted by Crippen LogP contribution is -2.09. The SMILES string of the molecule is COC(=O)Cc1c(O)cnc(C(F)F)c1C#N. The number of aromatic hydroxyl groups is 1. The fourth-order valence-corrected chi connectivity index (χ4v) is 1.24. The number of methoxy groups -OCH3 is 1. The number of esters is 1. The number of aromatic nitrogens is 1. The minimum atomic E-state index is -2.96. The maximum atomic E-state index is 12.5. The second-order valence-electron chi connectivity index (χ2n) is 3.05. The summed E-state index contributed by atoms with van der Waals surface area (Å²) in [4.78, 5) is 14.3. The van der Waals surface area contributed by atoms with Gasteiger partial charge in [0.2, 0.25) is 0 Å². The fraction of sp³-hybridized carbons (Fsp3) is 0.300. The van der Waals surface area contributed by atoms with Crippen molar-refractivity contribution in [1.29, 1.82) is 5.26 Å². The minimum absolute atomic E-state index is 0.204. The highest BCUT2D eigenvalue weighted by atomic mass is 19.3. The van der Waals surface area contributed by atoms with Gasteiger partial charge in [-0.05, 0) is 0 Å². The fourth-order valence-electron chi connectivity index (χ4n) is 1.24. The van der Waals surface area contributed by atoms with Crippen molar-refractivity contribution >= 4 is 5.97 Å². The molecular formula is C10H8F2N2O3. The summed E-state index contributed by atoms with van der Waals surface area (Å²) in [5, 5.41) is 18.2. The van der Waals surface area contributed by atoms with Gasteiger partial charge in [-0.3, -0.25) is 4.79 Å². The highest BCUT2D eigenvalue weighted by molar-refractivity contribution is 5.74. The van der Waals surface area contributed by atoms with Gasteiger partial charge in [0.25, 0.3) is 6.43 Å². The Kier molecular flexibility index (Phi) is 3.93. The summed E-state index contributed by atoms with van der Waals surface area (Å²) in [7, 11) is 1.11. The second kappa shape index (κ2) is 5.21. The summed E-state index contributed by atoms with van der Waals surface area (Å²) in [5.41, 5.74) is -1.46. The van der Waals surface area contributed by atoms with Gasteiger partial charge < -0.3 is 9.84 Å². The average Bonchev–Trinajstić information content (AvgIpc) is 2.30. The van der Waals surface area contributed by atoms with E-state index < -0.39 is 35.8 Å². The van der Waals surface area contributed by atoms with Crippen LogP contribution in [0.4, 0.5) is 8.78 Å². The number of carbonyl (C=O) groups is 1. The van der Waals surface area contributed by atoms with Crippen LogP contribution in [0, 0.1) is 11.3 Å². The number of alkyl halides is 2. The molecule has 0 aromatic carbocycles. The molecule has 1 aromatic rings. The first kappa shape index (κ1) is 12.8. The molecule has 0 fully saturated rings. The van der Waals surface area contributed by atoms with Gasteiger partial charge in [-0.2, -0.15) is 5.26 Å². The van der Waals surface area contributed by atoms with E-state index in [0.29, 0.717) is 0 Å². The number of nitrogens with zero attached hydrogens (tertiary/aromatic N) is 2. The normalized spacial score (nSPS) is 10.1. The standard InChI is InChI=1S/C10H8F2N2O3/c1-17-8(16)2-5-6(3-13)9(10(11)12)14-4-7(5)15/h4,10,15H,2H2,1H3. The van der Waals surface area contributed by atoms with Crippen LogP contribution >= 0.6 is 0 Å². The van der Waals surface area contributed by atoms with Crippen LogP contribution in [0.5, 0.6) is 5.75 Å². The van der Waals surface area contributed by atoms with Gasteiger partial charge in [-0.15, -0.1) is 0 Å². The molecule has 0 aliphatic rings. The van der Waals surface area contributed by atoms with Crippen molar-refractivity contribution in [3.05, 3.63) is 23.0 Å². The van der Waals surface area contributed by atoms with Crippen molar-refractivity contribution in [2.75, 3.05) is 7.11 Å². The molecule has 0 saturated carbocycles. The Balaban J connectivity index is 3.32. The first-order valence-corrected chi connectivity index (χ1v) is 4.47. The van der Waals surface area contributed by atoms with Gasteiger partial charge in [0.15, 0.2) is 0 Å². The number of rotatable bonds is 3. The van der Waals surface area contributed by atoms with Crippen molar-refractivity contribution in [2.45, 2.75) is 12.8 Å². The lowest BCUT2D eigenvalue weighted by molar-refractivity contribution is -0.139. The molecule has 7 heteroatoms. The van der Waals surface area contributed by atoms with Crippen molar-refractivity contribution in [1.82, 2.24) is 4.98 Å². The third kappa shape index (κ3) is 2.66. The largest absolute Gasteiger partial charge is 0.506 e. The van der Waals surface area contributed by atoms with Crippen LogP contribution in [0.25, 0.3) is 0 Å². The third-order valence-electron chi connectivity index (χ3n) is 2.06. The topological polar surface area (TPSA) is 83.2 Å². The highest BCUT2D eigenvalue weighted by Gasteiger charge is 2.22. The second-order valence-corrected chi connectivity index (χ2v) is 3.05. The number of ether oxygens (including phenoxy) is 1. The van der Waals surface area contributed by atoms with E-state index in [2.05, 4.69) is 9.72 Å². The van der Waals surface area contributed by atoms with Gasteiger partial charge in [-0.1, -0.05) is 0 Å². The number of halogens is 2. The summed E-state index contributed by atoms with van der Waals surface area (Å²) in [6.07, 6.45) is -2.64. The van der Waals surface area contributed by atoms with Gasteiger partial charge in [0, 0.05) is 5.56 Å². The van der Waals surface area contributed by atoms with E-state index in [1.807, 2.05) is 0 Å². The van der Waals surface area contributed by atoms with E-state index in [0.717, 1.165) is 13.3 Å². The Morgan fingerprint density at radius 2 is 2.35 bits per heavy atom. The minimum Gasteiger partial charge on any atom is -0.506 e. The van der Waals surface area contributed by atoms with E-state index in [-0.39, 0.29) is 5.56 Å². The Hall–Kier alpha value is -2.23. The van der Waals surface area contributed by atoms with Crippen molar-refractivity contribution < 1.29 is 23.4 Å². The average molecular weight is 242 g/mol. The van der Waals surface area contributed by atoms with Crippen LogP contribution in [0.1, 0.15) is 23.2 Å². The molecule has 0 unspecified atom stereocenters. The molecule has 1 heterocycles. The highest BCUT2D eigenvalue weighted by Crippen LogP contribution is 2.28. The molecule has 0 aliphatic carbocycles. The molecule has 0 amide bonds. The third-order valence-corrected chi connectivity index (χ3v) is 2.06. The quantitative estimate of drug-likeness (QED) is 0.808. The molecule has 0 aliphatic heterocycles. The van der Waals surface area contributed by atoms with E-state index in [9.17, 15) is 18.7 Å². The molecule has 1 N–H and O–H groups in total. The van der Waals surface area contributed by atoms with Crippen LogP contribution in [0.2, 0.25) is 0 Å². The van der Waals surface area contributed by atoms with Crippen molar-refractivity contribution in [3.8, 4) is 11.8 Å². The molecule has 0 saturated heterocycles. The molecule has 1 aromatic heterocycles. The molecule has 5 nitrogen and oxygen atoms in total. The Bertz CT molecular complexity index is 483. The van der Waals surface area contributed by atoms with Crippen LogP contribution in [0.15, 0.2) is 6.20 Å². The van der Waals surface area contributed by atoms with Crippen LogP contribution in [-0.4, -0.2) is 23.2 Å². The molecule has 90 valence electrons. The molecule has 0 atom stereocenters. The summed E-state index contributed by atoms with van der Waals surface area (Å²) in [5.74, 6) is -1.24.